The Morgan fingerprint density at radius 3 is 2.50 bits per heavy atom. The molecule has 0 aliphatic carbocycles. The van der Waals surface area contributed by atoms with Crippen LogP contribution in [0.5, 0.6) is 0 Å². The Balaban J connectivity index is 1.99. The highest BCUT2D eigenvalue weighted by Gasteiger charge is 2.18. The third kappa shape index (κ3) is 2.49. The fourth-order valence-electron chi connectivity index (χ4n) is 2.15. The lowest BCUT2D eigenvalue weighted by Gasteiger charge is -2.08. The van der Waals surface area contributed by atoms with E-state index in [1.54, 1.807) is 24.4 Å². The predicted octanol–water partition coefficient (Wildman–Crippen LogP) is 2.58. The van der Waals surface area contributed by atoms with Crippen molar-refractivity contribution in [2.24, 2.45) is 0 Å². The van der Waals surface area contributed by atoms with Crippen LogP contribution in [0.2, 0.25) is 0 Å². The van der Waals surface area contributed by atoms with Crippen LogP contribution in [0.1, 0.15) is 20.8 Å². The number of anilines is 1. The number of benzene rings is 1. The fourth-order valence-corrected chi connectivity index (χ4v) is 2.15. The van der Waals surface area contributed by atoms with E-state index in [2.05, 4.69) is 15.3 Å². The van der Waals surface area contributed by atoms with E-state index < -0.39 is 11.9 Å². The fraction of sp³-hybridized carbons (Fsp3) is 0. The summed E-state index contributed by atoms with van der Waals surface area (Å²) >= 11 is 0. The molecule has 0 aliphatic rings. The molecule has 2 heterocycles. The first-order valence-corrected chi connectivity index (χ1v) is 6.50. The van der Waals surface area contributed by atoms with E-state index >= 15 is 0 Å². The molecule has 0 fully saturated rings. The summed E-state index contributed by atoms with van der Waals surface area (Å²) in [6.07, 6.45) is 3.00. The molecule has 3 rings (SSSR count). The molecular formula is C16H11N3O3. The van der Waals surface area contributed by atoms with Crippen molar-refractivity contribution in [1.29, 1.82) is 0 Å². The number of nitrogens with one attached hydrogen (secondary N) is 1. The highest BCUT2D eigenvalue weighted by molar-refractivity contribution is 6.11. The van der Waals surface area contributed by atoms with Crippen LogP contribution in [0.15, 0.2) is 54.9 Å². The monoisotopic (exact) mass is 293 g/mol. The van der Waals surface area contributed by atoms with Crippen molar-refractivity contribution in [1.82, 2.24) is 9.97 Å². The predicted molar refractivity (Wildman–Crippen MR) is 80.9 cm³/mol. The molecular weight excluding hydrogens is 282 g/mol. The van der Waals surface area contributed by atoms with Gasteiger partial charge in [0.2, 0.25) is 0 Å². The first kappa shape index (κ1) is 13.7. The minimum absolute atomic E-state index is 0.136. The number of aromatic nitrogens is 2. The van der Waals surface area contributed by atoms with Crippen LogP contribution in [0.3, 0.4) is 0 Å². The maximum Gasteiger partial charge on any atom is 0.338 e. The lowest BCUT2D eigenvalue weighted by molar-refractivity contribution is 0.0691. The molecule has 108 valence electrons. The number of aromatic carboxylic acids is 1. The second-order valence-corrected chi connectivity index (χ2v) is 4.54. The first-order chi connectivity index (χ1) is 10.7. The van der Waals surface area contributed by atoms with Gasteiger partial charge in [-0.2, -0.15) is 0 Å². The van der Waals surface area contributed by atoms with Gasteiger partial charge in [0, 0.05) is 17.8 Å². The number of hydrogen-bond donors (Lipinski definition) is 2. The number of nitrogens with zero attached hydrogens (tertiary/aromatic N) is 2. The number of para-hydroxylation sites is 1. The van der Waals surface area contributed by atoms with Gasteiger partial charge in [0.1, 0.15) is 5.69 Å². The maximum atomic E-state index is 12.3. The van der Waals surface area contributed by atoms with Crippen LogP contribution in [-0.2, 0) is 0 Å². The van der Waals surface area contributed by atoms with Gasteiger partial charge in [-0.3, -0.25) is 14.8 Å². The zero-order valence-electron chi connectivity index (χ0n) is 11.4. The molecule has 3 aromatic rings. The van der Waals surface area contributed by atoms with Gasteiger partial charge in [-0.15, -0.1) is 0 Å². The molecule has 0 saturated heterocycles. The van der Waals surface area contributed by atoms with Crippen molar-refractivity contribution in [3.05, 3.63) is 66.1 Å². The molecule has 6 nitrogen and oxygen atoms in total. The summed E-state index contributed by atoms with van der Waals surface area (Å²) < 4.78 is 0. The highest BCUT2D eigenvalue weighted by atomic mass is 16.4. The van der Waals surface area contributed by atoms with Crippen LogP contribution in [-0.4, -0.2) is 27.0 Å². The molecule has 22 heavy (non-hydrogen) atoms. The molecule has 1 amide bonds. The van der Waals surface area contributed by atoms with Crippen LogP contribution in [0.25, 0.3) is 10.9 Å². The van der Waals surface area contributed by atoms with E-state index in [-0.39, 0.29) is 11.3 Å². The van der Waals surface area contributed by atoms with E-state index in [1.807, 2.05) is 12.1 Å². The van der Waals surface area contributed by atoms with Crippen molar-refractivity contribution < 1.29 is 14.7 Å². The third-order valence-corrected chi connectivity index (χ3v) is 3.13. The Morgan fingerprint density at radius 1 is 0.955 bits per heavy atom. The quantitative estimate of drug-likeness (QED) is 0.774. The van der Waals surface area contributed by atoms with E-state index in [0.717, 1.165) is 5.39 Å². The smallest absolute Gasteiger partial charge is 0.338 e. The molecule has 0 saturated carbocycles. The van der Waals surface area contributed by atoms with Crippen molar-refractivity contribution in [3.63, 3.8) is 0 Å². The standard InChI is InChI=1S/C16H11N3O3/c20-15(14-11(16(21)22)6-3-9-18-14)19-12-7-1-4-10-5-2-8-17-13(10)12/h1-9H,(H,19,20)(H,21,22). The lowest BCUT2D eigenvalue weighted by Crippen LogP contribution is -2.18. The van der Waals surface area contributed by atoms with Gasteiger partial charge in [0.05, 0.1) is 16.8 Å². The highest BCUT2D eigenvalue weighted by Crippen LogP contribution is 2.21. The van der Waals surface area contributed by atoms with Crippen molar-refractivity contribution in [2.75, 3.05) is 5.32 Å². The molecule has 0 radical (unpaired) electrons. The Hall–Kier alpha value is -3.28. The van der Waals surface area contributed by atoms with Crippen molar-refractivity contribution in [2.45, 2.75) is 0 Å². The molecule has 2 N–H and O–H groups in total. The van der Waals surface area contributed by atoms with Gasteiger partial charge in [0.15, 0.2) is 0 Å². The van der Waals surface area contributed by atoms with Crippen LogP contribution < -0.4 is 5.32 Å². The van der Waals surface area contributed by atoms with Crippen molar-refractivity contribution in [3.8, 4) is 0 Å². The molecule has 0 bridgehead atoms. The summed E-state index contributed by atoms with van der Waals surface area (Å²) in [4.78, 5) is 31.6. The molecule has 0 unspecified atom stereocenters. The summed E-state index contributed by atoms with van der Waals surface area (Å²) in [5.74, 6) is -1.79. The first-order valence-electron chi connectivity index (χ1n) is 6.50. The topological polar surface area (TPSA) is 92.2 Å². The van der Waals surface area contributed by atoms with Gasteiger partial charge < -0.3 is 10.4 Å². The Kier molecular flexibility index (Phi) is 3.49. The summed E-state index contributed by atoms with van der Waals surface area (Å²) in [6.45, 7) is 0. The number of rotatable bonds is 3. The second kappa shape index (κ2) is 5.61. The summed E-state index contributed by atoms with van der Waals surface area (Å²) in [7, 11) is 0. The molecule has 0 aliphatic heterocycles. The number of carboxylic acids is 1. The lowest BCUT2D eigenvalue weighted by atomic mass is 10.1. The average molecular weight is 293 g/mol. The number of carbonyl (C=O) groups excluding carboxylic acids is 1. The van der Waals surface area contributed by atoms with Crippen LogP contribution in [0, 0.1) is 0 Å². The van der Waals surface area contributed by atoms with E-state index in [9.17, 15) is 9.59 Å². The maximum absolute atomic E-state index is 12.3. The Morgan fingerprint density at radius 2 is 1.68 bits per heavy atom. The summed E-state index contributed by atoms with van der Waals surface area (Å²) in [6, 6.07) is 11.9. The Labute approximate surface area is 125 Å². The second-order valence-electron chi connectivity index (χ2n) is 4.54. The Bertz CT molecular complexity index is 872. The van der Waals surface area contributed by atoms with Gasteiger partial charge in [-0.05, 0) is 24.3 Å². The van der Waals surface area contributed by atoms with E-state index in [4.69, 9.17) is 5.11 Å². The van der Waals surface area contributed by atoms with Crippen LogP contribution >= 0.6 is 0 Å². The normalized spacial score (nSPS) is 10.4. The number of fused-ring (bicyclic) bond motifs is 1. The van der Waals surface area contributed by atoms with Crippen LogP contribution in [0.4, 0.5) is 5.69 Å². The molecule has 0 spiro atoms. The van der Waals surface area contributed by atoms with E-state index in [0.29, 0.717) is 11.2 Å². The molecule has 2 aromatic heterocycles. The average Bonchev–Trinajstić information content (AvgIpc) is 2.55. The molecule has 0 atom stereocenters. The number of amides is 1. The third-order valence-electron chi connectivity index (χ3n) is 3.13. The van der Waals surface area contributed by atoms with Gasteiger partial charge in [-0.1, -0.05) is 18.2 Å². The minimum Gasteiger partial charge on any atom is -0.478 e. The molecule has 1 aromatic carbocycles. The number of pyridine rings is 2. The zero-order chi connectivity index (χ0) is 15.5. The molecule has 6 heteroatoms. The van der Waals surface area contributed by atoms with E-state index in [1.165, 1.54) is 18.3 Å². The SMILES string of the molecule is O=C(O)c1cccnc1C(=O)Nc1cccc2cccnc12. The number of carbonyl (C=O) groups is 2. The minimum atomic E-state index is -1.20. The largest absolute Gasteiger partial charge is 0.478 e. The number of carboxylic acid groups (broad SMARTS) is 1. The number of hydrogen-bond acceptors (Lipinski definition) is 4. The van der Waals surface area contributed by atoms with Gasteiger partial charge in [0.25, 0.3) is 5.91 Å². The van der Waals surface area contributed by atoms with Gasteiger partial charge >= 0.3 is 5.97 Å². The zero-order valence-corrected chi connectivity index (χ0v) is 11.4. The van der Waals surface area contributed by atoms with Gasteiger partial charge in [-0.25, -0.2) is 4.79 Å². The summed E-state index contributed by atoms with van der Waals surface area (Å²) in [5, 5.41) is 12.7. The summed E-state index contributed by atoms with van der Waals surface area (Å²) in [5.41, 5.74) is 0.854. The van der Waals surface area contributed by atoms with Crippen molar-refractivity contribution >= 4 is 28.5 Å².